The molecule has 0 bridgehead atoms. The molecule has 1 amide bonds. The topological polar surface area (TPSA) is 78.4 Å². The summed E-state index contributed by atoms with van der Waals surface area (Å²) in [6.07, 6.45) is 1.65. The minimum absolute atomic E-state index is 0.189. The number of nitrogens with one attached hydrogen (secondary N) is 2. The fraction of sp³-hybridized carbons (Fsp3) is 0.529. The highest BCUT2D eigenvalue weighted by molar-refractivity contribution is 5.79. The Bertz CT molecular complexity index is 474. The van der Waals surface area contributed by atoms with Gasteiger partial charge in [0, 0.05) is 6.42 Å². The molecule has 0 aromatic heterocycles. The lowest BCUT2D eigenvalue weighted by Gasteiger charge is -2.20. The van der Waals surface area contributed by atoms with Crippen LogP contribution in [0.2, 0.25) is 0 Å². The Balaban J connectivity index is 2.44. The van der Waals surface area contributed by atoms with Crippen LogP contribution in [0.3, 0.4) is 0 Å². The first-order valence-corrected chi connectivity index (χ1v) is 7.72. The van der Waals surface area contributed by atoms with Gasteiger partial charge in [0.25, 0.3) is 0 Å². The van der Waals surface area contributed by atoms with E-state index >= 15 is 0 Å². The lowest BCUT2D eigenvalue weighted by atomic mass is 9.85. The Morgan fingerprint density at radius 1 is 1.09 bits per heavy atom. The first kappa shape index (κ1) is 18.0. The van der Waals surface area contributed by atoms with E-state index in [0.717, 1.165) is 12.1 Å². The highest BCUT2D eigenvalue weighted by Gasteiger charge is 2.26. The molecule has 0 saturated carbocycles. The Kier molecular flexibility index (Phi) is 7.43. The number of benzene rings is 1. The molecule has 5 nitrogen and oxygen atoms in total. The van der Waals surface area contributed by atoms with Crippen LogP contribution in [0, 0.1) is 17.8 Å². The van der Waals surface area contributed by atoms with Gasteiger partial charge in [0.15, 0.2) is 0 Å². The molecule has 0 saturated heterocycles. The van der Waals surface area contributed by atoms with Gasteiger partial charge in [-0.05, 0) is 30.4 Å². The largest absolute Gasteiger partial charge is 0.481 e. The number of hydrogen-bond acceptors (Lipinski definition) is 3. The van der Waals surface area contributed by atoms with E-state index in [4.69, 9.17) is 0 Å². The molecular weight excluding hydrogens is 280 g/mol. The molecule has 0 fully saturated rings. The first-order chi connectivity index (χ1) is 10.4. The van der Waals surface area contributed by atoms with E-state index < -0.39 is 11.9 Å². The molecule has 0 aliphatic carbocycles. The van der Waals surface area contributed by atoms with Gasteiger partial charge >= 0.3 is 5.97 Å². The number of aliphatic carboxylic acids is 1. The predicted molar refractivity (Wildman–Crippen MR) is 87.2 cm³/mol. The van der Waals surface area contributed by atoms with Gasteiger partial charge in [0.05, 0.1) is 11.6 Å². The zero-order valence-corrected chi connectivity index (χ0v) is 13.5. The maximum Gasteiger partial charge on any atom is 0.306 e. The maximum absolute atomic E-state index is 11.9. The van der Waals surface area contributed by atoms with Gasteiger partial charge in [0.1, 0.15) is 0 Å². The van der Waals surface area contributed by atoms with Crippen molar-refractivity contribution in [1.29, 1.82) is 0 Å². The third-order valence-corrected chi connectivity index (χ3v) is 3.69. The first-order valence-electron chi connectivity index (χ1n) is 7.72. The number of carbonyl (C=O) groups excluding carboxylic acids is 1. The third-order valence-electron chi connectivity index (χ3n) is 3.69. The Labute approximate surface area is 132 Å². The maximum atomic E-state index is 11.9. The van der Waals surface area contributed by atoms with E-state index in [-0.39, 0.29) is 18.2 Å². The van der Waals surface area contributed by atoms with Crippen LogP contribution in [-0.2, 0) is 9.59 Å². The van der Waals surface area contributed by atoms with Gasteiger partial charge in [-0.2, -0.15) is 0 Å². The Morgan fingerprint density at radius 3 is 2.27 bits per heavy atom. The molecule has 0 spiro atoms. The minimum Gasteiger partial charge on any atom is -0.481 e. The van der Waals surface area contributed by atoms with Gasteiger partial charge in [-0.3, -0.25) is 20.4 Å². The Hall–Kier alpha value is -2.04. The van der Waals surface area contributed by atoms with Gasteiger partial charge in [-0.25, -0.2) is 0 Å². The van der Waals surface area contributed by atoms with Crippen LogP contribution >= 0.6 is 0 Å². The quantitative estimate of drug-likeness (QED) is 0.612. The number of carboxylic acid groups (broad SMARTS) is 1. The van der Waals surface area contributed by atoms with Crippen molar-refractivity contribution < 1.29 is 14.7 Å². The SMILES string of the molecule is CC(C)CCC(C(=O)O)C(C)CC(=O)NNc1ccccc1. The van der Waals surface area contributed by atoms with Crippen molar-refractivity contribution in [3.63, 3.8) is 0 Å². The summed E-state index contributed by atoms with van der Waals surface area (Å²) in [7, 11) is 0. The summed E-state index contributed by atoms with van der Waals surface area (Å²) >= 11 is 0. The van der Waals surface area contributed by atoms with Gasteiger partial charge < -0.3 is 5.11 Å². The third kappa shape index (κ3) is 6.61. The van der Waals surface area contributed by atoms with Crippen molar-refractivity contribution in [3.05, 3.63) is 30.3 Å². The van der Waals surface area contributed by atoms with Gasteiger partial charge in [-0.1, -0.05) is 45.4 Å². The van der Waals surface area contributed by atoms with Crippen LogP contribution in [0.25, 0.3) is 0 Å². The van der Waals surface area contributed by atoms with E-state index in [9.17, 15) is 14.7 Å². The molecule has 0 heterocycles. The number of carboxylic acids is 1. The summed E-state index contributed by atoms with van der Waals surface area (Å²) in [5.74, 6) is -1.24. The highest BCUT2D eigenvalue weighted by atomic mass is 16.4. The fourth-order valence-electron chi connectivity index (χ4n) is 2.31. The second kappa shape index (κ2) is 9.07. The zero-order chi connectivity index (χ0) is 16.5. The van der Waals surface area contributed by atoms with Crippen LogP contribution in [0.5, 0.6) is 0 Å². The number of carbonyl (C=O) groups is 2. The van der Waals surface area contributed by atoms with E-state index in [0.29, 0.717) is 12.3 Å². The zero-order valence-electron chi connectivity index (χ0n) is 13.5. The van der Waals surface area contributed by atoms with E-state index in [2.05, 4.69) is 24.7 Å². The predicted octanol–water partition coefficient (Wildman–Crippen LogP) is 3.29. The summed E-state index contributed by atoms with van der Waals surface area (Å²) in [6, 6.07) is 9.30. The normalized spacial score (nSPS) is 13.5. The molecule has 0 aliphatic rings. The second-order valence-electron chi connectivity index (χ2n) is 6.14. The smallest absolute Gasteiger partial charge is 0.306 e. The van der Waals surface area contributed by atoms with Crippen molar-refractivity contribution in [3.8, 4) is 0 Å². The number of hydrogen-bond donors (Lipinski definition) is 3. The molecule has 2 unspecified atom stereocenters. The monoisotopic (exact) mass is 306 g/mol. The second-order valence-corrected chi connectivity index (χ2v) is 6.14. The number of rotatable bonds is 9. The molecule has 0 radical (unpaired) electrons. The molecule has 3 N–H and O–H groups in total. The van der Waals surface area contributed by atoms with Crippen LogP contribution in [0.15, 0.2) is 30.3 Å². The standard InChI is InChI=1S/C17H26N2O3/c1-12(2)9-10-15(17(21)22)13(3)11-16(20)19-18-14-7-5-4-6-8-14/h4-8,12-13,15,18H,9-11H2,1-3H3,(H,19,20)(H,21,22). The van der Waals surface area contributed by atoms with Crippen molar-refractivity contribution >= 4 is 17.6 Å². The fourth-order valence-corrected chi connectivity index (χ4v) is 2.31. The van der Waals surface area contributed by atoms with E-state index in [1.165, 1.54) is 0 Å². The van der Waals surface area contributed by atoms with Crippen LogP contribution in [0.1, 0.15) is 40.0 Å². The van der Waals surface area contributed by atoms with Gasteiger partial charge in [-0.15, -0.1) is 0 Å². The summed E-state index contributed by atoms with van der Waals surface area (Å²) in [5, 5.41) is 9.33. The van der Waals surface area contributed by atoms with E-state index in [1.54, 1.807) is 0 Å². The van der Waals surface area contributed by atoms with Crippen molar-refractivity contribution in [2.75, 3.05) is 5.43 Å². The molecule has 0 aliphatic heterocycles. The average molecular weight is 306 g/mol. The van der Waals surface area contributed by atoms with Crippen LogP contribution in [0.4, 0.5) is 5.69 Å². The van der Waals surface area contributed by atoms with Crippen molar-refractivity contribution in [2.24, 2.45) is 17.8 Å². The van der Waals surface area contributed by atoms with Gasteiger partial charge in [0.2, 0.25) is 5.91 Å². The Morgan fingerprint density at radius 2 is 1.73 bits per heavy atom. The molecule has 2 atom stereocenters. The highest BCUT2D eigenvalue weighted by Crippen LogP contribution is 2.23. The summed E-state index contributed by atoms with van der Waals surface area (Å²) in [5.41, 5.74) is 6.22. The number of hydrazine groups is 1. The molecule has 5 heteroatoms. The number of para-hydroxylation sites is 1. The summed E-state index contributed by atoms with van der Waals surface area (Å²) in [4.78, 5) is 23.3. The van der Waals surface area contributed by atoms with Crippen LogP contribution in [-0.4, -0.2) is 17.0 Å². The molecule has 1 aromatic carbocycles. The average Bonchev–Trinajstić information content (AvgIpc) is 2.45. The lowest BCUT2D eigenvalue weighted by molar-refractivity contribution is -0.144. The summed E-state index contributed by atoms with van der Waals surface area (Å²) < 4.78 is 0. The van der Waals surface area contributed by atoms with Crippen molar-refractivity contribution in [2.45, 2.75) is 40.0 Å². The van der Waals surface area contributed by atoms with E-state index in [1.807, 2.05) is 37.3 Å². The lowest BCUT2D eigenvalue weighted by Crippen LogP contribution is -2.33. The summed E-state index contributed by atoms with van der Waals surface area (Å²) in [6.45, 7) is 5.96. The minimum atomic E-state index is -0.822. The molecular formula is C17H26N2O3. The molecule has 122 valence electrons. The number of amides is 1. The molecule has 22 heavy (non-hydrogen) atoms. The molecule has 1 aromatic rings. The number of anilines is 1. The van der Waals surface area contributed by atoms with Crippen molar-refractivity contribution in [1.82, 2.24) is 5.43 Å². The molecule has 1 rings (SSSR count). The van der Waals surface area contributed by atoms with Crippen LogP contribution < -0.4 is 10.9 Å².